The van der Waals surface area contributed by atoms with Gasteiger partial charge >= 0.3 is 5.97 Å². The van der Waals surface area contributed by atoms with Crippen molar-refractivity contribution in [1.29, 1.82) is 0 Å². The van der Waals surface area contributed by atoms with Crippen LogP contribution < -0.4 is 0 Å². The van der Waals surface area contributed by atoms with Crippen LogP contribution in [0.3, 0.4) is 0 Å². The van der Waals surface area contributed by atoms with Crippen LogP contribution in [0, 0.1) is 0 Å². The normalized spacial score (nSPS) is 12.0. The molecule has 19 heavy (non-hydrogen) atoms. The average Bonchev–Trinajstić information content (AvgIpc) is 2.38. The van der Waals surface area contributed by atoms with Gasteiger partial charge in [-0.2, -0.15) is 0 Å². The summed E-state index contributed by atoms with van der Waals surface area (Å²) in [5.41, 5.74) is 1.15. The van der Waals surface area contributed by atoms with Gasteiger partial charge in [-0.05, 0) is 44.7 Å². The Kier molecular flexibility index (Phi) is 3.53. The number of fused-ring (bicyclic) bond motifs is 1. The zero-order valence-corrected chi connectivity index (χ0v) is 11.4. The van der Waals surface area contributed by atoms with E-state index in [-0.39, 0.29) is 0 Å². The molecule has 0 atom stereocenters. The topological polar surface area (TPSA) is 53.4 Å². The van der Waals surface area contributed by atoms with E-state index < -0.39 is 11.5 Å². The van der Waals surface area contributed by atoms with Crippen molar-refractivity contribution in [2.24, 2.45) is 0 Å². The summed E-state index contributed by atoms with van der Waals surface area (Å²) >= 11 is 0. The van der Waals surface area contributed by atoms with Crippen molar-refractivity contribution < 1.29 is 9.90 Å². The lowest BCUT2D eigenvalue weighted by Crippen LogP contribution is -2.47. The molecule has 100 valence electrons. The Morgan fingerprint density at radius 3 is 2.79 bits per heavy atom. The van der Waals surface area contributed by atoms with E-state index >= 15 is 0 Å². The van der Waals surface area contributed by atoms with Crippen LogP contribution in [-0.2, 0) is 11.3 Å². The Balaban J connectivity index is 2.24. The third-order valence-corrected chi connectivity index (χ3v) is 3.56. The van der Waals surface area contributed by atoms with Crippen LogP contribution in [0.1, 0.15) is 19.4 Å². The van der Waals surface area contributed by atoms with Crippen LogP contribution in [-0.4, -0.2) is 33.5 Å². The Labute approximate surface area is 112 Å². The van der Waals surface area contributed by atoms with Gasteiger partial charge in [-0.1, -0.05) is 12.1 Å². The average molecular weight is 258 g/mol. The van der Waals surface area contributed by atoms with Gasteiger partial charge in [0.2, 0.25) is 0 Å². The van der Waals surface area contributed by atoms with Gasteiger partial charge in [0, 0.05) is 18.1 Å². The standard InChI is InChI=1S/C15H18N2O2/c1-15(2,14(18)19)17(3)10-11-6-7-13-12(9-11)5-4-8-16-13/h4-9H,10H2,1-3H3,(H,18,19). The van der Waals surface area contributed by atoms with Gasteiger partial charge in [-0.25, -0.2) is 0 Å². The molecule has 0 aliphatic carbocycles. The Morgan fingerprint density at radius 1 is 1.37 bits per heavy atom. The minimum absolute atomic E-state index is 0.587. The van der Waals surface area contributed by atoms with E-state index in [2.05, 4.69) is 11.1 Å². The maximum Gasteiger partial charge on any atom is 0.323 e. The first-order valence-corrected chi connectivity index (χ1v) is 6.19. The zero-order chi connectivity index (χ0) is 14.0. The molecule has 0 aliphatic rings. The Morgan fingerprint density at radius 2 is 2.11 bits per heavy atom. The predicted octanol–water partition coefficient (Wildman–Crippen LogP) is 2.53. The summed E-state index contributed by atoms with van der Waals surface area (Å²) in [5, 5.41) is 10.3. The summed E-state index contributed by atoms with van der Waals surface area (Å²) in [4.78, 5) is 17.3. The number of rotatable bonds is 4. The molecule has 0 aliphatic heterocycles. The maximum absolute atomic E-state index is 11.2. The highest BCUT2D eigenvalue weighted by Crippen LogP contribution is 2.19. The van der Waals surface area contributed by atoms with E-state index in [1.54, 1.807) is 20.0 Å². The van der Waals surface area contributed by atoms with Crippen molar-refractivity contribution in [3.05, 3.63) is 42.1 Å². The van der Waals surface area contributed by atoms with E-state index in [0.717, 1.165) is 16.5 Å². The lowest BCUT2D eigenvalue weighted by molar-refractivity contribution is -0.148. The van der Waals surface area contributed by atoms with Gasteiger partial charge in [0.05, 0.1) is 5.52 Å². The van der Waals surface area contributed by atoms with Gasteiger partial charge in [-0.3, -0.25) is 14.7 Å². The van der Waals surface area contributed by atoms with Gasteiger partial charge in [0.1, 0.15) is 5.54 Å². The molecule has 2 rings (SSSR count). The van der Waals surface area contributed by atoms with E-state index in [9.17, 15) is 9.90 Å². The second-order valence-electron chi connectivity index (χ2n) is 5.25. The number of hydrogen-bond acceptors (Lipinski definition) is 3. The summed E-state index contributed by atoms with van der Waals surface area (Å²) in [6.07, 6.45) is 1.77. The maximum atomic E-state index is 11.2. The molecule has 0 saturated carbocycles. The molecular formula is C15H18N2O2. The van der Waals surface area contributed by atoms with Crippen LogP contribution in [0.2, 0.25) is 0 Å². The summed E-state index contributed by atoms with van der Waals surface area (Å²) in [7, 11) is 1.82. The monoisotopic (exact) mass is 258 g/mol. The van der Waals surface area contributed by atoms with Crippen LogP contribution in [0.25, 0.3) is 10.9 Å². The number of carboxylic acids is 1. The van der Waals surface area contributed by atoms with E-state index in [1.807, 2.05) is 36.2 Å². The first kappa shape index (κ1) is 13.5. The molecule has 1 aromatic heterocycles. The van der Waals surface area contributed by atoms with E-state index in [0.29, 0.717) is 6.54 Å². The minimum atomic E-state index is -0.885. The number of pyridine rings is 1. The minimum Gasteiger partial charge on any atom is -0.480 e. The third-order valence-electron chi connectivity index (χ3n) is 3.56. The molecule has 0 radical (unpaired) electrons. The molecule has 0 bridgehead atoms. The molecular weight excluding hydrogens is 240 g/mol. The smallest absolute Gasteiger partial charge is 0.323 e. The number of benzene rings is 1. The zero-order valence-electron chi connectivity index (χ0n) is 11.4. The molecule has 0 unspecified atom stereocenters. The van der Waals surface area contributed by atoms with Crippen molar-refractivity contribution in [2.75, 3.05) is 7.05 Å². The Bertz CT molecular complexity index is 608. The number of aromatic nitrogens is 1. The quantitative estimate of drug-likeness (QED) is 0.915. The molecule has 1 N–H and O–H groups in total. The van der Waals surface area contributed by atoms with Crippen LogP contribution >= 0.6 is 0 Å². The van der Waals surface area contributed by atoms with Crippen molar-refractivity contribution in [3.8, 4) is 0 Å². The highest BCUT2D eigenvalue weighted by atomic mass is 16.4. The molecule has 4 nitrogen and oxygen atoms in total. The van der Waals surface area contributed by atoms with Crippen LogP contribution in [0.15, 0.2) is 36.5 Å². The molecule has 2 aromatic rings. The van der Waals surface area contributed by atoms with Crippen molar-refractivity contribution >= 4 is 16.9 Å². The molecule has 1 aromatic carbocycles. The van der Waals surface area contributed by atoms with E-state index in [4.69, 9.17) is 0 Å². The second kappa shape index (κ2) is 4.97. The third kappa shape index (κ3) is 2.74. The summed E-state index contributed by atoms with van der Waals surface area (Å²) in [6.45, 7) is 4.00. The van der Waals surface area contributed by atoms with Crippen molar-refractivity contribution in [1.82, 2.24) is 9.88 Å². The highest BCUT2D eigenvalue weighted by molar-refractivity contribution is 5.79. The van der Waals surface area contributed by atoms with Gasteiger partial charge < -0.3 is 5.11 Å². The Hall–Kier alpha value is -1.94. The summed E-state index contributed by atoms with van der Waals surface area (Å²) in [6, 6.07) is 9.91. The lowest BCUT2D eigenvalue weighted by Gasteiger charge is -2.31. The van der Waals surface area contributed by atoms with Gasteiger partial charge in [0.15, 0.2) is 0 Å². The molecule has 0 fully saturated rings. The predicted molar refractivity (Wildman–Crippen MR) is 74.9 cm³/mol. The first-order valence-electron chi connectivity index (χ1n) is 6.19. The second-order valence-corrected chi connectivity index (χ2v) is 5.25. The molecule has 0 amide bonds. The molecule has 0 saturated heterocycles. The summed E-state index contributed by atoms with van der Waals surface area (Å²) < 4.78 is 0. The highest BCUT2D eigenvalue weighted by Gasteiger charge is 2.31. The fourth-order valence-corrected chi connectivity index (χ4v) is 1.86. The summed E-state index contributed by atoms with van der Waals surface area (Å²) in [5.74, 6) is -0.822. The SMILES string of the molecule is CN(Cc1ccc2ncccc2c1)C(C)(C)C(=O)O. The fourth-order valence-electron chi connectivity index (χ4n) is 1.86. The van der Waals surface area contributed by atoms with Crippen molar-refractivity contribution in [3.63, 3.8) is 0 Å². The van der Waals surface area contributed by atoms with Gasteiger partial charge in [-0.15, -0.1) is 0 Å². The van der Waals surface area contributed by atoms with E-state index in [1.165, 1.54) is 0 Å². The largest absolute Gasteiger partial charge is 0.480 e. The van der Waals surface area contributed by atoms with Gasteiger partial charge in [0.25, 0.3) is 0 Å². The number of nitrogens with zero attached hydrogens (tertiary/aromatic N) is 2. The van der Waals surface area contributed by atoms with Crippen LogP contribution in [0.4, 0.5) is 0 Å². The van der Waals surface area contributed by atoms with Crippen LogP contribution in [0.5, 0.6) is 0 Å². The molecule has 0 spiro atoms. The molecule has 4 heteroatoms. The first-order chi connectivity index (χ1) is 8.91. The van der Waals surface area contributed by atoms with Crippen molar-refractivity contribution in [2.45, 2.75) is 25.9 Å². The number of hydrogen-bond donors (Lipinski definition) is 1. The number of likely N-dealkylation sites (N-methyl/N-ethyl adjacent to an activating group) is 1. The lowest BCUT2D eigenvalue weighted by atomic mass is 10.0. The number of carbonyl (C=O) groups is 1. The fraction of sp³-hybridized carbons (Fsp3) is 0.333. The number of aliphatic carboxylic acids is 1. The molecule has 1 heterocycles. The number of carboxylic acid groups (broad SMARTS) is 1.